The van der Waals surface area contributed by atoms with Gasteiger partial charge in [-0.15, -0.1) is 0 Å². The molecule has 4 fully saturated rings. The molecule has 54 heavy (non-hydrogen) atoms. The van der Waals surface area contributed by atoms with Crippen molar-refractivity contribution < 1.29 is 28.4 Å². The molecule has 0 radical (unpaired) electrons. The Morgan fingerprint density at radius 2 is 1.59 bits per heavy atom. The van der Waals surface area contributed by atoms with Gasteiger partial charge in [-0.25, -0.2) is 0 Å². The minimum absolute atomic E-state index is 0.0574. The summed E-state index contributed by atoms with van der Waals surface area (Å²) in [6, 6.07) is 15.5. The summed E-state index contributed by atoms with van der Waals surface area (Å²) in [5.74, 6) is -0.759. The number of hydrogen-bond acceptors (Lipinski definition) is 9. The van der Waals surface area contributed by atoms with Crippen molar-refractivity contribution in [2.45, 2.75) is 135 Å². The Morgan fingerprint density at radius 3 is 2.11 bits per heavy atom. The maximum absolute atomic E-state index is 14.0. The monoisotopic (exact) mass is 755 g/mol. The van der Waals surface area contributed by atoms with Gasteiger partial charge < -0.3 is 24.2 Å². The normalized spacial score (nSPS) is 24.4. The van der Waals surface area contributed by atoms with E-state index >= 15 is 0 Å². The van der Waals surface area contributed by atoms with Gasteiger partial charge >= 0.3 is 13.1 Å². The Hall–Kier alpha value is -3.49. The third-order valence-electron chi connectivity index (χ3n) is 12.8. The molecular formula is C41H58BN5O6Si. The third kappa shape index (κ3) is 8.97. The van der Waals surface area contributed by atoms with Crippen molar-refractivity contribution in [2.75, 3.05) is 0 Å². The first-order chi connectivity index (χ1) is 25.4. The van der Waals surface area contributed by atoms with Gasteiger partial charge in [-0.2, -0.15) is 0 Å². The number of amides is 1. The first-order valence-electron chi connectivity index (χ1n) is 19.5. The highest BCUT2D eigenvalue weighted by atomic mass is 28.4. The summed E-state index contributed by atoms with van der Waals surface area (Å²) < 4.78 is 20.2. The Labute approximate surface area is 322 Å². The van der Waals surface area contributed by atoms with Crippen molar-refractivity contribution >= 4 is 27.3 Å². The summed E-state index contributed by atoms with van der Waals surface area (Å²) >= 11 is 0. The molecule has 1 saturated heterocycles. The van der Waals surface area contributed by atoms with Crippen molar-refractivity contribution in [2.24, 2.45) is 17.3 Å². The number of carboxylic acid groups (broad SMARTS) is 1. The van der Waals surface area contributed by atoms with Crippen LogP contribution in [0.4, 0.5) is 0 Å². The van der Waals surface area contributed by atoms with E-state index < -0.39 is 39.1 Å². The summed E-state index contributed by atoms with van der Waals surface area (Å²) in [4.78, 5) is 41.9. The number of hydrogen-bond donors (Lipinski definition) is 2. The highest BCUT2D eigenvalue weighted by Gasteiger charge is 2.68. The molecule has 0 spiro atoms. The third-order valence-corrected chi connectivity index (χ3v) is 17.3. The Bertz CT molecular complexity index is 1700. The first kappa shape index (κ1) is 40.2. The smallest absolute Gasteiger partial charge is 0.481 e. The standard InChI is InChI=1S/C41H58BN5O6Si/c1-39(2,3)54(7,8)52-33(23-37(48)49)17-18-36(42-51-35-22-29-21-34(40(29,4)5)41(35,6)53-42)46-38(50)28-15-16-32(45-24-28)27-47(25-30-13-9-11-19-43-30)26-31-14-10-12-20-44-31/h9-16,19-20,24,29,33-36H,17-18,21-23,25-27H2,1-8H3,(H,46,50)(H,48,49)/t29-,33-,34-,35+,36-,41-/m0/s1. The van der Waals surface area contributed by atoms with E-state index in [2.05, 4.69) is 74.8 Å². The minimum Gasteiger partial charge on any atom is -0.481 e. The molecule has 2 N–H and O–H groups in total. The van der Waals surface area contributed by atoms with E-state index in [0.29, 0.717) is 49.9 Å². The van der Waals surface area contributed by atoms with Gasteiger partial charge in [-0.3, -0.25) is 29.4 Å². The van der Waals surface area contributed by atoms with Gasteiger partial charge in [0.1, 0.15) is 0 Å². The fraction of sp³-hybridized carbons (Fsp3) is 0.585. The van der Waals surface area contributed by atoms with Crippen molar-refractivity contribution in [1.29, 1.82) is 0 Å². The van der Waals surface area contributed by atoms with E-state index in [1.165, 1.54) is 0 Å². The topological polar surface area (TPSA) is 136 Å². The molecule has 11 nitrogen and oxygen atoms in total. The van der Waals surface area contributed by atoms with Crippen LogP contribution in [0.2, 0.25) is 18.1 Å². The predicted molar refractivity (Wildman–Crippen MR) is 211 cm³/mol. The molecule has 3 aromatic rings. The number of nitrogens with one attached hydrogen (secondary N) is 1. The molecule has 290 valence electrons. The van der Waals surface area contributed by atoms with Crippen LogP contribution >= 0.6 is 0 Å². The molecule has 0 aromatic carbocycles. The fourth-order valence-electron chi connectivity index (χ4n) is 8.45. The predicted octanol–water partition coefficient (Wildman–Crippen LogP) is 7.09. The second-order valence-electron chi connectivity index (χ2n) is 17.9. The van der Waals surface area contributed by atoms with Crippen LogP contribution in [0.5, 0.6) is 0 Å². The summed E-state index contributed by atoms with van der Waals surface area (Å²) in [7, 11) is -2.94. The van der Waals surface area contributed by atoms with Gasteiger partial charge in [0.15, 0.2) is 8.32 Å². The molecule has 2 bridgehead atoms. The summed E-state index contributed by atoms with van der Waals surface area (Å²) in [6.07, 6.45) is 7.44. The highest BCUT2D eigenvalue weighted by Crippen LogP contribution is 2.65. The lowest BCUT2D eigenvalue weighted by Crippen LogP contribution is -2.65. The van der Waals surface area contributed by atoms with E-state index in [9.17, 15) is 14.7 Å². The van der Waals surface area contributed by atoms with Crippen LogP contribution in [0.3, 0.4) is 0 Å². The molecule has 3 aliphatic carbocycles. The quantitative estimate of drug-likeness (QED) is 0.146. The minimum atomic E-state index is -2.27. The highest BCUT2D eigenvalue weighted by molar-refractivity contribution is 6.74. The average Bonchev–Trinajstić information content (AvgIpc) is 3.47. The van der Waals surface area contributed by atoms with E-state index in [1.54, 1.807) is 24.7 Å². The van der Waals surface area contributed by atoms with Crippen LogP contribution in [-0.2, 0) is 38.2 Å². The van der Waals surface area contributed by atoms with Gasteiger partial charge in [-0.05, 0) is 104 Å². The van der Waals surface area contributed by atoms with Crippen molar-refractivity contribution in [1.82, 2.24) is 25.2 Å². The Balaban J connectivity index is 1.18. The zero-order chi connectivity index (χ0) is 38.9. The number of carbonyl (C=O) groups is 2. The zero-order valence-corrected chi connectivity index (χ0v) is 34.2. The Kier molecular flexibility index (Phi) is 11.9. The molecule has 13 heteroatoms. The lowest BCUT2D eigenvalue weighted by molar-refractivity contribution is -0.199. The average molecular weight is 756 g/mol. The van der Waals surface area contributed by atoms with Crippen LogP contribution in [0.25, 0.3) is 0 Å². The largest absolute Gasteiger partial charge is 0.481 e. The van der Waals surface area contributed by atoms with E-state index in [4.69, 9.17) is 18.7 Å². The summed E-state index contributed by atoms with van der Waals surface area (Å²) in [5.41, 5.74) is 2.85. The molecule has 7 rings (SSSR count). The van der Waals surface area contributed by atoms with Crippen LogP contribution in [0.15, 0.2) is 67.1 Å². The van der Waals surface area contributed by atoms with Crippen molar-refractivity contribution in [3.63, 3.8) is 0 Å². The van der Waals surface area contributed by atoms with Crippen LogP contribution in [0, 0.1) is 17.3 Å². The number of pyridine rings is 3. The van der Waals surface area contributed by atoms with E-state index in [1.807, 2.05) is 42.5 Å². The van der Waals surface area contributed by atoms with Crippen LogP contribution in [0.1, 0.15) is 101 Å². The fourth-order valence-corrected chi connectivity index (χ4v) is 9.83. The maximum atomic E-state index is 14.0. The van der Waals surface area contributed by atoms with Gasteiger partial charge in [0, 0.05) is 38.2 Å². The number of nitrogens with zero attached hydrogens (tertiary/aromatic N) is 4. The first-order valence-corrected chi connectivity index (χ1v) is 22.4. The van der Waals surface area contributed by atoms with E-state index in [0.717, 1.165) is 29.9 Å². The number of aliphatic carboxylic acids is 1. The summed E-state index contributed by atoms with van der Waals surface area (Å²) in [5, 5.41) is 13.0. The molecule has 4 aliphatic rings. The van der Waals surface area contributed by atoms with Crippen molar-refractivity contribution in [3.05, 3.63) is 89.8 Å². The van der Waals surface area contributed by atoms with Crippen LogP contribution in [-0.4, -0.2) is 76.0 Å². The SMILES string of the molecule is CC1(C)[C@@H]2C[C@H]3OB([C@H](CC[C@@H](CC(=O)O)O[Si](C)(C)C(C)(C)C)NC(=O)c4ccc(CN(Cc5ccccn5)Cc5ccccn5)nc4)O[C@@]3(C)[C@H]1C2. The number of aromatic nitrogens is 3. The van der Waals surface area contributed by atoms with Crippen LogP contribution < -0.4 is 5.32 Å². The molecule has 3 saturated carbocycles. The number of carbonyl (C=O) groups excluding carboxylic acids is 1. The van der Waals surface area contributed by atoms with Gasteiger partial charge in [0.05, 0.1) is 52.8 Å². The van der Waals surface area contributed by atoms with Gasteiger partial charge in [-0.1, -0.05) is 46.8 Å². The number of rotatable bonds is 16. The molecular weight excluding hydrogens is 697 g/mol. The Morgan fingerprint density at radius 1 is 0.963 bits per heavy atom. The van der Waals surface area contributed by atoms with Gasteiger partial charge in [0.25, 0.3) is 5.91 Å². The van der Waals surface area contributed by atoms with Gasteiger partial charge in [0.2, 0.25) is 0 Å². The van der Waals surface area contributed by atoms with E-state index in [-0.39, 0.29) is 28.9 Å². The molecule has 6 atom stereocenters. The maximum Gasteiger partial charge on any atom is 0.481 e. The molecule has 1 amide bonds. The molecule has 1 aliphatic heterocycles. The lowest BCUT2D eigenvalue weighted by atomic mass is 9.43. The zero-order valence-electron chi connectivity index (χ0n) is 33.2. The number of carboxylic acids is 1. The van der Waals surface area contributed by atoms with Crippen molar-refractivity contribution in [3.8, 4) is 0 Å². The molecule has 4 heterocycles. The summed E-state index contributed by atoms with van der Waals surface area (Å²) in [6.45, 7) is 19.3. The second-order valence-corrected chi connectivity index (χ2v) is 22.7. The second kappa shape index (κ2) is 15.9. The molecule has 0 unspecified atom stereocenters. The lowest BCUT2D eigenvalue weighted by Gasteiger charge is -2.64. The molecule has 3 aromatic heterocycles.